The highest BCUT2D eigenvalue weighted by Gasteiger charge is 2.13. The van der Waals surface area contributed by atoms with Crippen LogP contribution in [0, 0.1) is 0 Å². The lowest BCUT2D eigenvalue weighted by Gasteiger charge is -2.10. The second-order valence-electron chi connectivity index (χ2n) is 5.56. The van der Waals surface area contributed by atoms with Crippen LogP contribution in [0.25, 0.3) is 5.69 Å². The predicted octanol–water partition coefficient (Wildman–Crippen LogP) is 3.87. The molecule has 0 N–H and O–H groups in total. The largest absolute Gasteiger partial charge is 0.497 e. The maximum Gasteiger partial charge on any atom is 0.173 e. The van der Waals surface area contributed by atoms with E-state index in [1.54, 1.807) is 45.7 Å². The van der Waals surface area contributed by atoms with Gasteiger partial charge in [-0.15, -0.1) is 0 Å². The van der Waals surface area contributed by atoms with E-state index in [-0.39, 0.29) is 11.5 Å². The fraction of sp³-hybridized carbons (Fsp3) is 0.200. The first kappa shape index (κ1) is 18.8. The van der Waals surface area contributed by atoms with Crippen molar-refractivity contribution in [3.63, 3.8) is 0 Å². The van der Waals surface area contributed by atoms with E-state index >= 15 is 0 Å². The molecule has 0 amide bonds. The van der Waals surface area contributed by atoms with Gasteiger partial charge in [0.15, 0.2) is 22.4 Å². The second-order valence-corrected chi connectivity index (χ2v) is 6.50. The Kier molecular flexibility index (Phi) is 6.03. The number of ketones is 1. The number of aromatic nitrogens is 2. The lowest BCUT2D eigenvalue weighted by molar-refractivity contribution is 0.102. The summed E-state index contributed by atoms with van der Waals surface area (Å²) in [4.78, 5) is 16.9. The topological polar surface area (TPSA) is 62.6 Å². The minimum atomic E-state index is -0.00904. The van der Waals surface area contributed by atoms with Crippen LogP contribution in [0.4, 0.5) is 0 Å². The Morgan fingerprint density at radius 3 is 2.41 bits per heavy atom. The number of imidazole rings is 1. The van der Waals surface area contributed by atoms with Gasteiger partial charge in [0.1, 0.15) is 5.75 Å². The van der Waals surface area contributed by atoms with Crippen molar-refractivity contribution in [2.24, 2.45) is 0 Å². The molecule has 3 rings (SSSR count). The first-order valence-electron chi connectivity index (χ1n) is 8.22. The molecule has 0 saturated carbocycles. The molecule has 1 aromatic heterocycles. The molecule has 6 nitrogen and oxygen atoms in total. The molecule has 2 aromatic carbocycles. The Morgan fingerprint density at radius 2 is 1.74 bits per heavy atom. The first-order valence-corrected chi connectivity index (χ1v) is 9.20. The molecule has 0 saturated heterocycles. The van der Waals surface area contributed by atoms with Crippen LogP contribution in [0.5, 0.6) is 17.2 Å². The summed E-state index contributed by atoms with van der Waals surface area (Å²) < 4.78 is 17.6. The van der Waals surface area contributed by atoms with Crippen LogP contribution in [0.3, 0.4) is 0 Å². The highest BCUT2D eigenvalue weighted by Crippen LogP contribution is 2.29. The minimum absolute atomic E-state index is 0.00904. The minimum Gasteiger partial charge on any atom is -0.497 e. The number of hydrogen-bond acceptors (Lipinski definition) is 6. The van der Waals surface area contributed by atoms with Crippen molar-refractivity contribution in [2.45, 2.75) is 5.16 Å². The average molecular weight is 384 g/mol. The van der Waals surface area contributed by atoms with Crippen LogP contribution >= 0.6 is 11.8 Å². The number of methoxy groups -OCH3 is 3. The summed E-state index contributed by atoms with van der Waals surface area (Å²) in [7, 11) is 4.74. The number of benzene rings is 2. The van der Waals surface area contributed by atoms with Crippen LogP contribution < -0.4 is 14.2 Å². The van der Waals surface area contributed by atoms with Gasteiger partial charge in [-0.25, -0.2) is 4.98 Å². The van der Waals surface area contributed by atoms with Crippen molar-refractivity contribution in [3.8, 4) is 22.9 Å². The molecule has 0 spiro atoms. The van der Waals surface area contributed by atoms with Crippen molar-refractivity contribution in [1.82, 2.24) is 9.55 Å². The number of carbonyl (C=O) groups is 1. The van der Waals surface area contributed by atoms with Gasteiger partial charge in [-0.05, 0) is 42.5 Å². The quantitative estimate of drug-likeness (QED) is 0.434. The number of Topliss-reactive ketones (excluding diaryl/α,β-unsaturated/α-hetero) is 1. The van der Waals surface area contributed by atoms with Gasteiger partial charge in [-0.1, -0.05) is 11.8 Å². The van der Waals surface area contributed by atoms with E-state index < -0.39 is 0 Å². The molecule has 0 atom stereocenters. The van der Waals surface area contributed by atoms with Crippen LogP contribution in [0.15, 0.2) is 60.0 Å². The zero-order valence-corrected chi connectivity index (χ0v) is 16.2. The van der Waals surface area contributed by atoms with E-state index in [1.165, 1.54) is 11.8 Å². The highest BCUT2D eigenvalue weighted by molar-refractivity contribution is 7.99. The second kappa shape index (κ2) is 8.64. The summed E-state index contributed by atoms with van der Waals surface area (Å²) in [6.45, 7) is 0. The number of carbonyl (C=O) groups excluding carboxylic acids is 1. The van der Waals surface area contributed by atoms with Crippen LogP contribution in [0.2, 0.25) is 0 Å². The van der Waals surface area contributed by atoms with Gasteiger partial charge in [0.05, 0.1) is 27.1 Å². The molecule has 1 heterocycles. The maximum absolute atomic E-state index is 12.6. The van der Waals surface area contributed by atoms with Gasteiger partial charge in [0, 0.05) is 23.6 Å². The summed E-state index contributed by atoms with van der Waals surface area (Å²) in [5.41, 5.74) is 1.53. The summed E-state index contributed by atoms with van der Waals surface area (Å²) in [5, 5.41) is 0.744. The number of rotatable bonds is 8. The van der Waals surface area contributed by atoms with Crippen molar-refractivity contribution in [3.05, 3.63) is 60.4 Å². The molecular formula is C20H20N2O4S. The zero-order valence-electron chi connectivity index (χ0n) is 15.3. The number of ether oxygens (including phenoxy) is 3. The van der Waals surface area contributed by atoms with Gasteiger partial charge in [0.25, 0.3) is 0 Å². The van der Waals surface area contributed by atoms with Crippen molar-refractivity contribution in [1.29, 1.82) is 0 Å². The Morgan fingerprint density at radius 1 is 1.00 bits per heavy atom. The van der Waals surface area contributed by atoms with E-state index in [0.29, 0.717) is 17.1 Å². The van der Waals surface area contributed by atoms with Crippen molar-refractivity contribution in [2.75, 3.05) is 27.1 Å². The SMILES string of the molecule is COc1ccc(-n2ccnc2SCC(=O)c2ccc(OC)c(OC)c2)cc1. The Balaban J connectivity index is 1.72. The third kappa shape index (κ3) is 4.25. The Bertz CT molecular complexity index is 922. The number of hydrogen-bond donors (Lipinski definition) is 0. The van der Waals surface area contributed by atoms with Crippen molar-refractivity contribution >= 4 is 17.5 Å². The summed E-state index contributed by atoms with van der Waals surface area (Å²) in [6.07, 6.45) is 3.58. The van der Waals surface area contributed by atoms with Gasteiger partial charge >= 0.3 is 0 Å². The molecule has 0 aliphatic heterocycles. The highest BCUT2D eigenvalue weighted by atomic mass is 32.2. The van der Waals surface area contributed by atoms with E-state index in [1.807, 2.05) is 35.0 Å². The average Bonchev–Trinajstić information content (AvgIpc) is 3.20. The molecule has 0 aliphatic rings. The summed E-state index contributed by atoms with van der Waals surface area (Å²) in [6, 6.07) is 12.8. The zero-order chi connectivity index (χ0) is 19.2. The third-order valence-electron chi connectivity index (χ3n) is 4.00. The fourth-order valence-electron chi connectivity index (χ4n) is 2.56. The lowest BCUT2D eigenvalue weighted by atomic mass is 10.1. The monoisotopic (exact) mass is 384 g/mol. The number of thioether (sulfide) groups is 1. The normalized spacial score (nSPS) is 10.5. The van der Waals surface area contributed by atoms with E-state index in [2.05, 4.69) is 4.98 Å². The van der Waals surface area contributed by atoms with Crippen LogP contribution in [-0.2, 0) is 0 Å². The standard InChI is InChI=1S/C20H20N2O4S/c1-24-16-7-5-15(6-8-16)22-11-10-21-20(22)27-13-17(23)14-4-9-18(25-2)19(12-14)26-3/h4-12H,13H2,1-3H3. The molecule has 0 bridgehead atoms. The smallest absolute Gasteiger partial charge is 0.173 e. The molecule has 140 valence electrons. The van der Waals surface area contributed by atoms with Gasteiger partial charge in [-0.3, -0.25) is 9.36 Å². The van der Waals surface area contributed by atoms with Crippen molar-refractivity contribution < 1.29 is 19.0 Å². The molecule has 0 fully saturated rings. The molecule has 7 heteroatoms. The Labute approximate surface area is 162 Å². The fourth-order valence-corrected chi connectivity index (χ4v) is 3.43. The molecule has 3 aromatic rings. The molecule has 0 aliphatic carbocycles. The Hall–Kier alpha value is -2.93. The third-order valence-corrected chi connectivity index (χ3v) is 4.96. The van der Waals surface area contributed by atoms with Crippen LogP contribution in [0.1, 0.15) is 10.4 Å². The number of nitrogens with zero attached hydrogens (tertiary/aromatic N) is 2. The predicted molar refractivity (Wildman–Crippen MR) is 105 cm³/mol. The van der Waals surface area contributed by atoms with Crippen LogP contribution in [-0.4, -0.2) is 42.4 Å². The van der Waals surface area contributed by atoms with E-state index in [0.717, 1.165) is 16.6 Å². The molecule has 0 unspecified atom stereocenters. The van der Waals surface area contributed by atoms with Gasteiger partial charge in [0.2, 0.25) is 0 Å². The molecule has 27 heavy (non-hydrogen) atoms. The summed E-state index contributed by atoms with van der Waals surface area (Å²) in [5.74, 6) is 2.18. The molecule has 0 radical (unpaired) electrons. The first-order chi connectivity index (χ1) is 13.2. The van der Waals surface area contributed by atoms with Gasteiger partial charge < -0.3 is 14.2 Å². The van der Waals surface area contributed by atoms with E-state index in [4.69, 9.17) is 14.2 Å². The molecular weight excluding hydrogens is 364 g/mol. The summed E-state index contributed by atoms with van der Waals surface area (Å²) >= 11 is 1.38. The lowest BCUT2D eigenvalue weighted by Crippen LogP contribution is -2.05. The maximum atomic E-state index is 12.6. The van der Waals surface area contributed by atoms with Gasteiger partial charge in [-0.2, -0.15) is 0 Å². The van der Waals surface area contributed by atoms with E-state index in [9.17, 15) is 4.79 Å².